The van der Waals surface area contributed by atoms with Crippen molar-refractivity contribution in [2.75, 3.05) is 6.54 Å². The third-order valence-corrected chi connectivity index (χ3v) is 3.16. The van der Waals surface area contributed by atoms with Gasteiger partial charge < -0.3 is 5.32 Å². The SMILES string of the molecule is CC(C)(CNC(=O)c1ccc(=O)[nH]n1)c1ccccc1. The van der Waals surface area contributed by atoms with Gasteiger partial charge in [0.05, 0.1) is 0 Å². The minimum absolute atomic E-state index is 0.181. The third kappa shape index (κ3) is 3.32. The van der Waals surface area contributed by atoms with Gasteiger partial charge in [0, 0.05) is 18.0 Å². The molecule has 1 aromatic carbocycles. The molecule has 2 rings (SSSR count). The average molecular weight is 271 g/mol. The highest BCUT2D eigenvalue weighted by molar-refractivity contribution is 5.92. The molecule has 0 radical (unpaired) electrons. The number of nitrogens with one attached hydrogen (secondary N) is 2. The number of carbonyl (C=O) groups is 1. The number of rotatable bonds is 4. The lowest BCUT2D eigenvalue weighted by Crippen LogP contribution is -2.37. The molecule has 0 fully saturated rings. The molecule has 5 heteroatoms. The van der Waals surface area contributed by atoms with Crippen molar-refractivity contribution in [1.29, 1.82) is 0 Å². The lowest BCUT2D eigenvalue weighted by atomic mass is 9.84. The van der Waals surface area contributed by atoms with Crippen LogP contribution in [0, 0.1) is 0 Å². The number of aromatic amines is 1. The van der Waals surface area contributed by atoms with Crippen LogP contribution >= 0.6 is 0 Å². The van der Waals surface area contributed by atoms with Gasteiger partial charge in [-0.15, -0.1) is 0 Å². The van der Waals surface area contributed by atoms with Crippen LogP contribution < -0.4 is 10.9 Å². The molecule has 104 valence electrons. The van der Waals surface area contributed by atoms with Gasteiger partial charge >= 0.3 is 0 Å². The predicted molar refractivity (Wildman–Crippen MR) is 76.7 cm³/mol. The maximum Gasteiger partial charge on any atom is 0.271 e. The zero-order valence-corrected chi connectivity index (χ0v) is 11.5. The van der Waals surface area contributed by atoms with Crippen LogP contribution in [0.5, 0.6) is 0 Å². The third-order valence-electron chi connectivity index (χ3n) is 3.16. The van der Waals surface area contributed by atoms with Crippen molar-refractivity contribution < 1.29 is 4.79 Å². The molecule has 0 aliphatic heterocycles. The summed E-state index contributed by atoms with van der Waals surface area (Å²) in [5.74, 6) is -0.301. The summed E-state index contributed by atoms with van der Waals surface area (Å²) in [5.41, 5.74) is 0.841. The Labute approximate surface area is 117 Å². The molecule has 1 amide bonds. The van der Waals surface area contributed by atoms with Crippen molar-refractivity contribution in [3.8, 4) is 0 Å². The standard InChI is InChI=1S/C15H17N3O2/c1-15(2,11-6-4-3-5-7-11)10-16-14(20)12-8-9-13(19)18-17-12/h3-9H,10H2,1-2H3,(H,16,20)(H,18,19). The number of carbonyl (C=O) groups excluding carboxylic acids is 1. The Balaban J connectivity index is 2.03. The van der Waals surface area contributed by atoms with Crippen LogP contribution in [-0.4, -0.2) is 22.6 Å². The first kappa shape index (κ1) is 14.0. The van der Waals surface area contributed by atoms with E-state index in [0.717, 1.165) is 5.56 Å². The van der Waals surface area contributed by atoms with E-state index in [0.29, 0.717) is 6.54 Å². The fourth-order valence-corrected chi connectivity index (χ4v) is 1.85. The topological polar surface area (TPSA) is 74.8 Å². The van der Waals surface area contributed by atoms with Gasteiger partial charge in [-0.1, -0.05) is 44.2 Å². The average Bonchev–Trinajstić information content (AvgIpc) is 2.46. The van der Waals surface area contributed by atoms with Crippen LogP contribution in [0.25, 0.3) is 0 Å². The molecule has 1 heterocycles. The van der Waals surface area contributed by atoms with E-state index in [1.807, 2.05) is 30.3 Å². The van der Waals surface area contributed by atoms with Crippen LogP contribution in [0.4, 0.5) is 0 Å². The molecule has 2 aromatic rings. The molecule has 0 saturated carbocycles. The van der Waals surface area contributed by atoms with E-state index in [1.54, 1.807) is 0 Å². The van der Waals surface area contributed by atoms with Gasteiger partial charge in [0.2, 0.25) is 0 Å². The van der Waals surface area contributed by atoms with Crippen LogP contribution in [0.15, 0.2) is 47.3 Å². The largest absolute Gasteiger partial charge is 0.350 e. The van der Waals surface area contributed by atoms with Crippen molar-refractivity contribution in [3.63, 3.8) is 0 Å². The zero-order chi connectivity index (χ0) is 14.6. The van der Waals surface area contributed by atoms with Crippen molar-refractivity contribution in [1.82, 2.24) is 15.5 Å². The number of benzene rings is 1. The highest BCUT2D eigenvalue weighted by Gasteiger charge is 2.21. The van der Waals surface area contributed by atoms with E-state index in [1.165, 1.54) is 12.1 Å². The molecule has 0 aliphatic carbocycles. The monoisotopic (exact) mass is 271 g/mol. The summed E-state index contributed by atoms with van der Waals surface area (Å²) in [7, 11) is 0. The normalized spacial score (nSPS) is 11.1. The first-order valence-corrected chi connectivity index (χ1v) is 6.38. The number of nitrogens with zero attached hydrogens (tertiary/aromatic N) is 1. The highest BCUT2D eigenvalue weighted by atomic mass is 16.2. The van der Waals surface area contributed by atoms with Crippen molar-refractivity contribution >= 4 is 5.91 Å². The summed E-state index contributed by atoms with van der Waals surface area (Å²) >= 11 is 0. The second kappa shape index (κ2) is 5.69. The summed E-state index contributed by atoms with van der Waals surface area (Å²) in [4.78, 5) is 22.8. The Bertz CT molecular complexity index is 627. The quantitative estimate of drug-likeness (QED) is 0.884. The van der Waals surface area contributed by atoms with E-state index in [-0.39, 0.29) is 22.6 Å². The van der Waals surface area contributed by atoms with Crippen LogP contribution in [0.3, 0.4) is 0 Å². The minimum Gasteiger partial charge on any atom is -0.350 e. The molecule has 1 aromatic heterocycles. The molecule has 2 N–H and O–H groups in total. The maximum atomic E-state index is 11.9. The summed E-state index contributed by atoms with van der Waals surface area (Å²) in [6.45, 7) is 4.60. The molecular formula is C15H17N3O2. The molecular weight excluding hydrogens is 254 g/mol. The fraction of sp³-hybridized carbons (Fsp3) is 0.267. The number of H-pyrrole nitrogens is 1. The lowest BCUT2D eigenvalue weighted by Gasteiger charge is -2.25. The highest BCUT2D eigenvalue weighted by Crippen LogP contribution is 2.21. The van der Waals surface area contributed by atoms with Gasteiger partial charge in [0.25, 0.3) is 11.5 Å². The summed E-state index contributed by atoms with van der Waals surface area (Å²) in [6.07, 6.45) is 0. The van der Waals surface area contributed by atoms with Gasteiger partial charge in [-0.05, 0) is 11.6 Å². The summed E-state index contributed by atoms with van der Waals surface area (Å²) in [5, 5.41) is 8.78. The predicted octanol–water partition coefficient (Wildman–Crippen LogP) is 1.48. The summed E-state index contributed by atoms with van der Waals surface area (Å²) < 4.78 is 0. The van der Waals surface area contributed by atoms with E-state index in [4.69, 9.17) is 0 Å². The van der Waals surface area contributed by atoms with Crippen LogP contribution in [0.2, 0.25) is 0 Å². The van der Waals surface area contributed by atoms with Gasteiger partial charge in [0.15, 0.2) is 0 Å². The fourth-order valence-electron chi connectivity index (χ4n) is 1.85. The van der Waals surface area contributed by atoms with E-state index >= 15 is 0 Å². The smallest absolute Gasteiger partial charge is 0.271 e. The number of hydrogen-bond donors (Lipinski definition) is 2. The Kier molecular flexibility index (Phi) is 3.98. The zero-order valence-electron chi connectivity index (χ0n) is 11.5. The molecule has 0 aliphatic rings. The molecule has 0 saturated heterocycles. The lowest BCUT2D eigenvalue weighted by molar-refractivity contribution is 0.0939. The molecule has 0 unspecified atom stereocenters. The minimum atomic E-state index is -0.328. The molecule has 0 spiro atoms. The van der Waals surface area contributed by atoms with Gasteiger partial charge in [-0.2, -0.15) is 5.10 Å². The van der Waals surface area contributed by atoms with E-state index in [2.05, 4.69) is 29.4 Å². The summed E-state index contributed by atoms with van der Waals surface area (Å²) in [6, 6.07) is 12.7. The first-order valence-electron chi connectivity index (χ1n) is 6.38. The number of amides is 1. The van der Waals surface area contributed by atoms with Gasteiger partial charge in [-0.3, -0.25) is 9.59 Å². The Hall–Kier alpha value is -2.43. The molecule has 5 nitrogen and oxygen atoms in total. The van der Waals surface area contributed by atoms with Crippen molar-refractivity contribution in [2.24, 2.45) is 0 Å². The van der Waals surface area contributed by atoms with E-state index in [9.17, 15) is 9.59 Å². The van der Waals surface area contributed by atoms with Crippen LogP contribution in [-0.2, 0) is 5.41 Å². The molecule has 20 heavy (non-hydrogen) atoms. The number of hydrogen-bond acceptors (Lipinski definition) is 3. The molecule has 0 bridgehead atoms. The Morgan fingerprint density at radius 2 is 1.90 bits per heavy atom. The van der Waals surface area contributed by atoms with Gasteiger partial charge in [-0.25, -0.2) is 5.10 Å². The second-order valence-electron chi connectivity index (χ2n) is 5.24. The second-order valence-corrected chi connectivity index (χ2v) is 5.24. The van der Waals surface area contributed by atoms with Crippen molar-refractivity contribution in [2.45, 2.75) is 19.3 Å². The maximum absolute atomic E-state index is 11.9. The van der Waals surface area contributed by atoms with Gasteiger partial charge in [0.1, 0.15) is 5.69 Å². The number of aromatic nitrogens is 2. The van der Waals surface area contributed by atoms with E-state index < -0.39 is 0 Å². The van der Waals surface area contributed by atoms with Crippen molar-refractivity contribution in [3.05, 3.63) is 64.1 Å². The van der Waals surface area contributed by atoms with Crippen LogP contribution in [0.1, 0.15) is 29.9 Å². The Morgan fingerprint density at radius 3 is 2.50 bits per heavy atom. The Morgan fingerprint density at radius 1 is 1.20 bits per heavy atom. The molecule has 0 atom stereocenters. The first-order chi connectivity index (χ1) is 9.49.